The van der Waals surface area contributed by atoms with Gasteiger partial charge in [0.15, 0.2) is 0 Å². The molecule has 138 valence electrons. The number of hydrogen-bond acceptors (Lipinski definition) is 4. The maximum absolute atomic E-state index is 12.4. The molecule has 0 saturated heterocycles. The Balaban J connectivity index is 1.50. The van der Waals surface area contributed by atoms with Crippen LogP contribution in [0, 0.1) is 13.8 Å². The Bertz CT molecular complexity index is 901. The third-order valence-corrected chi connectivity index (χ3v) is 7.21. The fraction of sp³-hybridized carbons (Fsp3) is 0.316. The molecule has 7 heteroatoms. The highest BCUT2D eigenvalue weighted by atomic mass is 32.2. The molecular formula is C19H22N2O3S2. The van der Waals surface area contributed by atoms with Gasteiger partial charge in [0.1, 0.15) is 0 Å². The van der Waals surface area contributed by atoms with Crippen LogP contribution >= 0.6 is 11.8 Å². The zero-order valence-electron chi connectivity index (χ0n) is 14.8. The second-order valence-electron chi connectivity index (χ2n) is 6.38. The summed E-state index contributed by atoms with van der Waals surface area (Å²) < 4.78 is 27.4. The van der Waals surface area contributed by atoms with Crippen LogP contribution in [0.2, 0.25) is 0 Å². The summed E-state index contributed by atoms with van der Waals surface area (Å²) in [5.74, 6) is -0.0582. The minimum Gasteiger partial charge on any atom is -0.354 e. The predicted molar refractivity (Wildman–Crippen MR) is 104 cm³/mol. The van der Waals surface area contributed by atoms with Crippen molar-refractivity contribution in [2.75, 3.05) is 13.1 Å². The van der Waals surface area contributed by atoms with Crippen LogP contribution in [0.1, 0.15) is 16.7 Å². The van der Waals surface area contributed by atoms with E-state index in [9.17, 15) is 13.2 Å². The lowest BCUT2D eigenvalue weighted by Crippen LogP contribution is -2.38. The lowest BCUT2D eigenvalue weighted by Gasteiger charge is -2.12. The molecule has 1 atom stereocenters. The number of fused-ring (bicyclic) bond motifs is 1. The first-order valence-electron chi connectivity index (χ1n) is 8.46. The highest BCUT2D eigenvalue weighted by Gasteiger charge is 2.27. The Morgan fingerprint density at radius 3 is 2.69 bits per heavy atom. The fourth-order valence-corrected chi connectivity index (χ4v) is 5.47. The monoisotopic (exact) mass is 390 g/mol. The molecule has 1 amide bonds. The quantitative estimate of drug-likeness (QED) is 0.743. The highest BCUT2D eigenvalue weighted by molar-refractivity contribution is 8.01. The molecule has 1 unspecified atom stereocenters. The molecule has 0 aliphatic carbocycles. The average molecular weight is 391 g/mol. The molecule has 0 radical (unpaired) electrons. The molecule has 1 aliphatic heterocycles. The van der Waals surface area contributed by atoms with E-state index in [2.05, 4.69) is 10.0 Å². The van der Waals surface area contributed by atoms with E-state index in [0.29, 0.717) is 12.0 Å². The largest absolute Gasteiger partial charge is 0.354 e. The van der Waals surface area contributed by atoms with E-state index >= 15 is 0 Å². The molecule has 2 aromatic carbocycles. The molecule has 0 fully saturated rings. The third kappa shape index (κ3) is 4.28. The van der Waals surface area contributed by atoms with Crippen LogP contribution in [0.4, 0.5) is 0 Å². The van der Waals surface area contributed by atoms with Crippen LogP contribution in [0.3, 0.4) is 0 Å². The Morgan fingerprint density at radius 1 is 1.15 bits per heavy atom. The predicted octanol–water partition coefficient (Wildman–Crippen LogP) is 2.41. The van der Waals surface area contributed by atoms with E-state index in [0.717, 1.165) is 10.5 Å². The van der Waals surface area contributed by atoms with Gasteiger partial charge in [-0.05, 0) is 49.1 Å². The number of carbonyl (C=O) groups is 1. The Morgan fingerprint density at radius 2 is 1.92 bits per heavy atom. The van der Waals surface area contributed by atoms with Crippen molar-refractivity contribution in [1.29, 1.82) is 0 Å². The van der Waals surface area contributed by atoms with Crippen LogP contribution in [0.25, 0.3) is 0 Å². The van der Waals surface area contributed by atoms with Crippen LogP contribution < -0.4 is 10.0 Å². The second kappa shape index (κ2) is 7.82. The molecule has 0 saturated carbocycles. The van der Waals surface area contributed by atoms with Gasteiger partial charge in [-0.2, -0.15) is 0 Å². The number of amides is 1. The molecule has 26 heavy (non-hydrogen) atoms. The summed E-state index contributed by atoms with van der Waals surface area (Å²) in [4.78, 5) is 13.7. The average Bonchev–Trinajstić information content (AvgIpc) is 3.05. The van der Waals surface area contributed by atoms with Crippen molar-refractivity contribution in [3.8, 4) is 0 Å². The van der Waals surface area contributed by atoms with Crippen molar-refractivity contribution in [3.05, 3.63) is 59.2 Å². The smallest absolute Gasteiger partial charge is 0.240 e. The first kappa shape index (κ1) is 18.9. The normalized spacial score (nSPS) is 16.3. The Hall–Kier alpha value is -1.83. The van der Waals surface area contributed by atoms with Gasteiger partial charge in [0, 0.05) is 18.0 Å². The number of hydrogen-bond donors (Lipinski definition) is 2. The zero-order chi connectivity index (χ0) is 18.7. The molecule has 1 aliphatic rings. The van der Waals surface area contributed by atoms with Gasteiger partial charge in [-0.1, -0.05) is 30.3 Å². The summed E-state index contributed by atoms with van der Waals surface area (Å²) in [6.07, 6.45) is 0.709. The summed E-state index contributed by atoms with van der Waals surface area (Å²) in [5, 5.41) is 2.67. The van der Waals surface area contributed by atoms with E-state index in [-0.39, 0.29) is 29.1 Å². The minimum atomic E-state index is -3.58. The van der Waals surface area contributed by atoms with Gasteiger partial charge in [-0.25, -0.2) is 13.1 Å². The fourth-order valence-electron chi connectivity index (χ4n) is 2.89. The van der Waals surface area contributed by atoms with Crippen molar-refractivity contribution in [2.45, 2.75) is 35.3 Å². The third-order valence-electron chi connectivity index (χ3n) is 4.29. The van der Waals surface area contributed by atoms with Gasteiger partial charge < -0.3 is 5.32 Å². The lowest BCUT2D eigenvalue weighted by atomic mass is 10.1. The molecule has 5 nitrogen and oxygen atoms in total. The van der Waals surface area contributed by atoms with Crippen molar-refractivity contribution in [2.24, 2.45) is 0 Å². The van der Waals surface area contributed by atoms with Gasteiger partial charge in [-0.3, -0.25) is 4.79 Å². The Kier molecular flexibility index (Phi) is 5.70. The first-order valence-corrected chi connectivity index (χ1v) is 10.8. The zero-order valence-corrected chi connectivity index (χ0v) is 16.4. The van der Waals surface area contributed by atoms with Gasteiger partial charge in [0.25, 0.3) is 0 Å². The van der Waals surface area contributed by atoms with Crippen molar-refractivity contribution < 1.29 is 13.2 Å². The van der Waals surface area contributed by atoms with Crippen LogP contribution in [0.15, 0.2) is 52.3 Å². The van der Waals surface area contributed by atoms with Crippen LogP contribution in [-0.2, 0) is 21.2 Å². The van der Waals surface area contributed by atoms with Gasteiger partial charge in [-0.15, -0.1) is 11.8 Å². The van der Waals surface area contributed by atoms with E-state index in [1.807, 2.05) is 37.3 Å². The SMILES string of the molecule is Cc1ccc(C)c(S(=O)(=O)NCCNC(=O)C2Cc3ccccc3S2)c1. The van der Waals surface area contributed by atoms with E-state index < -0.39 is 10.0 Å². The van der Waals surface area contributed by atoms with Gasteiger partial charge in [0.05, 0.1) is 10.1 Å². The minimum absolute atomic E-state index is 0.0582. The van der Waals surface area contributed by atoms with Crippen molar-refractivity contribution >= 4 is 27.7 Å². The number of nitrogens with one attached hydrogen (secondary N) is 2. The summed E-state index contributed by atoms with van der Waals surface area (Å²) in [7, 11) is -3.58. The lowest BCUT2D eigenvalue weighted by molar-refractivity contribution is -0.120. The number of thioether (sulfide) groups is 1. The van der Waals surface area contributed by atoms with E-state index in [1.54, 1.807) is 30.8 Å². The summed E-state index contributed by atoms with van der Waals surface area (Å²) >= 11 is 1.56. The van der Waals surface area contributed by atoms with E-state index in [4.69, 9.17) is 0 Å². The molecule has 0 aromatic heterocycles. The van der Waals surface area contributed by atoms with Crippen LogP contribution in [0.5, 0.6) is 0 Å². The summed E-state index contributed by atoms with van der Waals surface area (Å²) in [6, 6.07) is 13.3. The standard InChI is InChI=1S/C19H22N2O3S2/c1-13-7-8-14(2)18(11-13)26(23,24)21-10-9-20-19(22)17-12-15-5-3-4-6-16(15)25-17/h3-8,11,17,21H,9-10,12H2,1-2H3,(H,20,22). The molecule has 0 bridgehead atoms. The van der Waals surface area contributed by atoms with Crippen molar-refractivity contribution in [3.63, 3.8) is 0 Å². The number of carbonyl (C=O) groups excluding carboxylic acids is 1. The molecule has 1 heterocycles. The molecular weight excluding hydrogens is 368 g/mol. The summed E-state index contributed by atoms with van der Waals surface area (Å²) in [5.41, 5.74) is 2.78. The van der Waals surface area contributed by atoms with Crippen LogP contribution in [-0.4, -0.2) is 32.7 Å². The number of rotatable bonds is 6. The Labute approximate surface area is 158 Å². The molecule has 2 N–H and O–H groups in total. The van der Waals surface area contributed by atoms with Gasteiger partial charge >= 0.3 is 0 Å². The number of aryl methyl sites for hydroxylation is 2. The molecule has 3 rings (SSSR count). The summed E-state index contributed by atoms with van der Waals surface area (Å²) in [6.45, 7) is 4.04. The molecule has 2 aromatic rings. The number of benzene rings is 2. The molecule has 0 spiro atoms. The topological polar surface area (TPSA) is 75.3 Å². The maximum Gasteiger partial charge on any atom is 0.240 e. The second-order valence-corrected chi connectivity index (χ2v) is 9.36. The highest BCUT2D eigenvalue weighted by Crippen LogP contribution is 2.36. The van der Waals surface area contributed by atoms with Gasteiger partial charge in [0.2, 0.25) is 15.9 Å². The number of sulfonamides is 1. The first-order chi connectivity index (χ1) is 12.4. The maximum atomic E-state index is 12.4. The van der Waals surface area contributed by atoms with Crippen molar-refractivity contribution in [1.82, 2.24) is 10.0 Å². The van der Waals surface area contributed by atoms with E-state index in [1.165, 1.54) is 5.56 Å².